The van der Waals surface area contributed by atoms with Gasteiger partial charge in [-0.25, -0.2) is 9.97 Å². The van der Waals surface area contributed by atoms with E-state index in [1.54, 1.807) is 17.5 Å². The number of anilines is 1. The van der Waals surface area contributed by atoms with E-state index in [1.807, 2.05) is 27.7 Å². The highest BCUT2D eigenvalue weighted by atomic mass is 35.5. The maximum atomic E-state index is 14.3. The summed E-state index contributed by atoms with van der Waals surface area (Å²) in [6.07, 6.45) is 3.42. The third kappa shape index (κ3) is 9.38. The quantitative estimate of drug-likeness (QED) is 0.200. The predicted molar refractivity (Wildman–Crippen MR) is 171 cm³/mol. The number of nitrogens with one attached hydrogen (secondary N) is 3. The molecule has 0 bridgehead atoms. The molecule has 1 unspecified atom stereocenters. The first-order chi connectivity index (χ1) is 21.8. The molecule has 2 aliphatic rings. The second-order valence-electron chi connectivity index (χ2n) is 12.6. The van der Waals surface area contributed by atoms with E-state index in [0.29, 0.717) is 22.3 Å². The molecule has 0 aromatic carbocycles. The van der Waals surface area contributed by atoms with E-state index < -0.39 is 53.2 Å². The normalized spacial score (nSPS) is 19.1. The first kappa shape index (κ1) is 35.1. The molecule has 15 heteroatoms. The molecule has 3 amide bonds. The summed E-state index contributed by atoms with van der Waals surface area (Å²) in [7, 11) is 1.30. The zero-order valence-electron chi connectivity index (χ0n) is 26.6. The predicted octanol–water partition coefficient (Wildman–Crippen LogP) is 2.91. The largest absolute Gasteiger partial charge is 0.472 e. The lowest BCUT2D eigenvalue weighted by Crippen LogP contribution is -2.56. The Morgan fingerprint density at radius 2 is 1.91 bits per heavy atom. The number of likely N-dealkylation sites (tertiary alicyclic amines) is 1. The fraction of sp³-hybridized carbons (Fsp3) is 0.581. The second-order valence-corrected chi connectivity index (χ2v) is 13.9. The van der Waals surface area contributed by atoms with Crippen LogP contribution < -0.4 is 20.7 Å². The molecule has 4 rings (SSSR count). The van der Waals surface area contributed by atoms with Crippen LogP contribution in [0.15, 0.2) is 23.7 Å². The molecule has 3 N–H and O–H groups in total. The molecule has 0 spiro atoms. The molecule has 2 fully saturated rings. The second kappa shape index (κ2) is 15.2. The highest BCUT2D eigenvalue weighted by Gasteiger charge is 2.46. The monoisotopic (exact) mass is 676 g/mol. The summed E-state index contributed by atoms with van der Waals surface area (Å²) in [4.78, 5) is 75.6. The van der Waals surface area contributed by atoms with Crippen molar-refractivity contribution in [2.24, 2.45) is 5.41 Å². The van der Waals surface area contributed by atoms with Crippen LogP contribution in [-0.4, -0.2) is 88.3 Å². The van der Waals surface area contributed by atoms with Gasteiger partial charge in [0.05, 0.1) is 36.8 Å². The highest BCUT2D eigenvalue weighted by Crippen LogP contribution is 2.31. The zero-order valence-corrected chi connectivity index (χ0v) is 28.2. The maximum Gasteiger partial charge on any atom is 0.311 e. The smallest absolute Gasteiger partial charge is 0.311 e. The number of thiazole rings is 1. The number of nitrogens with zero attached hydrogens (tertiary/aromatic N) is 3. The van der Waals surface area contributed by atoms with E-state index >= 15 is 0 Å². The van der Waals surface area contributed by atoms with Crippen LogP contribution in [-0.2, 0) is 35.1 Å². The molecule has 3 heterocycles. The fourth-order valence-electron chi connectivity index (χ4n) is 5.06. The van der Waals surface area contributed by atoms with Gasteiger partial charge in [0.15, 0.2) is 5.13 Å². The molecule has 0 radical (unpaired) electrons. The summed E-state index contributed by atoms with van der Waals surface area (Å²) < 4.78 is 10.8. The van der Waals surface area contributed by atoms with Gasteiger partial charge in [0.2, 0.25) is 23.5 Å². The summed E-state index contributed by atoms with van der Waals surface area (Å²) in [5.74, 6) is -2.52. The van der Waals surface area contributed by atoms with Crippen LogP contribution in [0.4, 0.5) is 5.13 Å². The molecule has 250 valence electrons. The lowest BCUT2D eigenvalue weighted by atomic mass is 9.85. The summed E-state index contributed by atoms with van der Waals surface area (Å²) in [6.45, 7) is 7.58. The number of methoxy groups -OCH3 is 1. The van der Waals surface area contributed by atoms with Crippen molar-refractivity contribution in [3.63, 3.8) is 0 Å². The molecule has 4 atom stereocenters. The number of Topliss-reactive ketones (excluding diaryl/α,β-unsaturated/α-hetero) is 1. The molecule has 1 aliphatic carbocycles. The molecule has 1 saturated carbocycles. The fourth-order valence-corrected chi connectivity index (χ4v) is 5.91. The number of ether oxygens (including phenoxy) is 2. The summed E-state index contributed by atoms with van der Waals surface area (Å²) in [5.41, 5.74) is -0.135. The zero-order chi connectivity index (χ0) is 33.6. The Morgan fingerprint density at radius 1 is 1.17 bits per heavy atom. The number of halogens is 1. The molecule has 13 nitrogen and oxygen atoms in total. The Kier molecular flexibility index (Phi) is 11.6. The van der Waals surface area contributed by atoms with Gasteiger partial charge < -0.3 is 30.3 Å². The standard InChI is InChI=1S/C31H41ClN6O7S/c1-6-7-21(25(40)28(42)34-18-9-10-18)36-27(41)22-13-20(45-23-11-8-17(32)14-33-23)15-38(22)29(43)26(31(2,3)4)37-30-35-19(16-46-30)12-24(39)44-5/h8,11,14,16,18,20-22,26H,6-7,9-10,12-13,15H2,1-5H3,(H,34,42)(H,35,37)(H,36,41)/t20?,21-,22-,26+/m1/s1. The minimum Gasteiger partial charge on any atom is -0.472 e. The van der Waals surface area contributed by atoms with E-state index in [-0.39, 0.29) is 43.6 Å². The first-order valence-electron chi connectivity index (χ1n) is 15.3. The lowest BCUT2D eigenvalue weighted by molar-refractivity contribution is -0.143. The number of rotatable bonds is 14. The van der Waals surface area contributed by atoms with Crippen molar-refractivity contribution >= 4 is 57.5 Å². The summed E-state index contributed by atoms with van der Waals surface area (Å²) in [5, 5.41) is 11.2. The Morgan fingerprint density at radius 3 is 2.52 bits per heavy atom. The van der Waals surface area contributed by atoms with Gasteiger partial charge in [-0.2, -0.15) is 0 Å². The van der Waals surface area contributed by atoms with Crippen molar-refractivity contribution in [2.75, 3.05) is 19.0 Å². The van der Waals surface area contributed by atoms with Crippen molar-refractivity contribution in [3.05, 3.63) is 34.4 Å². The highest BCUT2D eigenvalue weighted by molar-refractivity contribution is 7.13. The average molecular weight is 677 g/mol. The van der Waals surface area contributed by atoms with Crippen molar-refractivity contribution in [1.29, 1.82) is 0 Å². The van der Waals surface area contributed by atoms with E-state index in [2.05, 4.69) is 25.9 Å². The van der Waals surface area contributed by atoms with E-state index in [1.165, 1.54) is 29.5 Å². The van der Waals surface area contributed by atoms with Gasteiger partial charge in [0.1, 0.15) is 18.2 Å². The number of carbonyl (C=O) groups excluding carboxylic acids is 5. The van der Waals surface area contributed by atoms with E-state index in [9.17, 15) is 24.0 Å². The van der Waals surface area contributed by atoms with Crippen LogP contribution in [0, 0.1) is 5.41 Å². The Balaban J connectivity index is 1.57. The Labute approximate surface area is 277 Å². The van der Waals surface area contributed by atoms with Gasteiger partial charge >= 0.3 is 5.97 Å². The van der Waals surface area contributed by atoms with Crippen molar-refractivity contribution in [2.45, 2.75) is 96.5 Å². The van der Waals surface area contributed by atoms with Gasteiger partial charge in [-0.1, -0.05) is 45.7 Å². The van der Waals surface area contributed by atoms with Crippen LogP contribution in [0.3, 0.4) is 0 Å². The van der Waals surface area contributed by atoms with Crippen LogP contribution in [0.1, 0.15) is 65.5 Å². The molecular weight excluding hydrogens is 636 g/mol. The van der Waals surface area contributed by atoms with Crippen molar-refractivity contribution in [1.82, 2.24) is 25.5 Å². The molecule has 2 aromatic rings. The number of esters is 1. The van der Waals surface area contributed by atoms with Crippen LogP contribution in [0.5, 0.6) is 5.88 Å². The number of ketones is 1. The minimum atomic E-state index is -1.04. The summed E-state index contributed by atoms with van der Waals surface area (Å²) in [6, 6.07) is 0.358. The lowest BCUT2D eigenvalue weighted by Gasteiger charge is -2.35. The maximum absolute atomic E-state index is 14.3. The average Bonchev–Trinajstić information content (AvgIpc) is 3.54. The van der Waals surface area contributed by atoms with Gasteiger partial charge in [-0.3, -0.25) is 24.0 Å². The molecule has 1 aliphatic heterocycles. The number of pyridine rings is 1. The SMILES string of the molecule is CCC[C@@H](NC(=O)[C@H]1CC(Oc2ccc(Cl)cn2)CN1C(=O)[C@H](Nc1nc(CC(=O)OC)cs1)C(C)(C)C)C(=O)C(=O)NC1CC1. The molecule has 1 saturated heterocycles. The number of amides is 3. The van der Waals surface area contributed by atoms with Gasteiger partial charge in [-0.05, 0) is 30.7 Å². The topological polar surface area (TPSA) is 169 Å². The number of carbonyl (C=O) groups is 5. The number of hydrogen-bond acceptors (Lipinski definition) is 11. The molecular formula is C31H41ClN6O7S. The van der Waals surface area contributed by atoms with Crippen LogP contribution >= 0.6 is 22.9 Å². The van der Waals surface area contributed by atoms with Gasteiger partial charge in [-0.15, -0.1) is 11.3 Å². The van der Waals surface area contributed by atoms with Crippen molar-refractivity contribution in [3.8, 4) is 5.88 Å². The number of hydrogen-bond donors (Lipinski definition) is 3. The minimum absolute atomic E-state index is 0.00651. The van der Waals surface area contributed by atoms with Crippen LogP contribution in [0.2, 0.25) is 5.02 Å². The van der Waals surface area contributed by atoms with Crippen LogP contribution in [0.25, 0.3) is 0 Å². The van der Waals surface area contributed by atoms with Gasteiger partial charge in [0, 0.05) is 30.1 Å². The third-order valence-corrected chi connectivity index (χ3v) is 8.71. The summed E-state index contributed by atoms with van der Waals surface area (Å²) >= 11 is 7.22. The Bertz CT molecular complexity index is 1430. The number of aromatic nitrogens is 2. The third-order valence-electron chi connectivity index (χ3n) is 7.67. The first-order valence-corrected chi connectivity index (χ1v) is 16.6. The van der Waals surface area contributed by atoms with E-state index in [0.717, 1.165) is 12.8 Å². The van der Waals surface area contributed by atoms with Crippen molar-refractivity contribution < 1.29 is 33.4 Å². The molecule has 2 aromatic heterocycles. The van der Waals surface area contributed by atoms with E-state index in [4.69, 9.17) is 21.1 Å². The molecule has 46 heavy (non-hydrogen) atoms. The Hall–Kier alpha value is -3.78. The van der Waals surface area contributed by atoms with Gasteiger partial charge in [0.25, 0.3) is 5.91 Å².